The Morgan fingerprint density at radius 2 is 1.94 bits per heavy atom. The molecule has 1 aromatic rings. The summed E-state index contributed by atoms with van der Waals surface area (Å²) in [5, 5.41) is 0. The monoisotopic (exact) mass is 254 g/mol. The molecule has 5 heteroatoms. The zero-order valence-corrected chi connectivity index (χ0v) is 10.9. The summed E-state index contributed by atoms with van der Waals surface area (Å²) in [7, 11) is -3.19. The van der Waals surface area contributed by atoms with Crippen LogP contribution in [-0.2, 0) is 9.84 Å². The van der Waals surface area contributed by atoms with E-state index in [1.807, 2.05) is 12.1 Å². The number of para-hydroxylation sites is 1. The first-order valence-corrected chi connectivity index (χ1v) is 7.58. The Morgan fingerprint density at radius 1 is 1.29 bits per heavy atom. The van der Waals surface area contributed by atoms with Gasteiger partial charge in [-0.1, -0.05) is 19.1 Å². The molecule has 2 rings (SSSR count). The van der Waals surface area contributed by atoms with E-state index in [4.69, 9.17) is 5.73 Å². The molecule has 0 aromatic heterocycles. The number of hydrogen-bond acceptors (Lipinski definition) is 4. The Hall–Kier alpha value is -1.07. The van der Waals surface area contributed by atoms with Crippen LogP contribution in [0.1, 0.15) is 6.92 Å². The molecule has 94 valence electrons. The molecule has 0 aliphatic carbocycles. The van der Waals surface area contributed by atoms with Crippen LogP contribution in [-0.4, -0.2) is 33.8 Å². The second-order valence-electron chi connectivity index (χ2n) is 4.79. The van der Waals surface area contributed by atoms with Gasteiger partial charge in [-0.3, -0.25) is 0 Å². The number of anilines is 1. The molecule has 4 nitrogen and oxygen atoms in total. The minimum Gasteiger partial charge on any atom is -0.369 e. The molecule has 1 aromatic carbocycles. The Labute approximate surface area is 102 Å². The van der Waals surface area contributed by atoms with Crippen LogP contribution >= 0.6 is 0 Å². The van der Waals surface area contributed by atoms with Gasteiger partial charge in [-0.2, -0.15) is 0 Å². The van der Waals surface area contributed by atoms with E-state index >= 15 is 0 Å². The van der Waals surface area contributed by atoms with Gasteiger partial charge in [0.2, 0.25) is 0 Å². The van der Waals surface area contributed by atoms with E-state index in [1.54, 1.807) is 12.1 Å². The second kappa shape index (κ2) is 4.31. The molecule has 2 atom stereocenters. The number of sulfone groups is 1. The van der Waals surface area contributed by atoms with Crippen LogP contribution < -0.4 is 10.6 Å². The molecule has 1 heterocycles. The largest absolute Gasteiger partial charge is 0.369 e. The number of nitrogens with two attached hydrogens (primary N) is 1. The van der Waals surface area contributed by atoms with E-state index < -0.39 is 9.84 Å². The molecule has 17 heavy (non-hydrogen) atoms. The molecule has 1 saturated heterocycles. The topological polar surface area (TPSA) is 63.4 Å². The number of rotatable bonds is 2. The first-order valence-electron chi connectivity index (χ1n) is 5.69. The predicted octanol–water partition coefficient (Wildman–Crippen LogP) is 0.873. The lowest BCUT2D eigenvalue weighted by atomic mass is 10.1. The lowest BCUT2D eigenvalue weighted by molar-refractivity contribution is 0.566. The Balaban J connectivity index is 2.40. The van der Waals surface area contributed by atoms with Gasteiger partial charge in [-0.25, -0.2) is 8.42 Å². The van der Waals surface area contributed by atoms with Crippen molar-refractivity contribution < 1.29 is 8.42 Å². The van der Waals surface area contributed by atoms with Crippen LogP contribution in [0.25, 0.3) is 0 Å². The molecule has 0 spiro atoms. The molecule has 0 saturated carbocycles. The molecule has 1 aliphatic rings. The van der Waals surface area contributed by atoms with Crippen LogP contribution in [0.3, 0.4) is 0 Å². The zero-order chi connectivity index (χ0) is 12.6. The van der Waals surface area contributed by atoms with Crippen molar-refractivity contribution in [3.63, 3.8) is 0 Å². The van der Waals surface area contributed by atoms with Gasteiger partial charge in [0, 0.05) is 25.4 Å². The summed E-state index contributed by atoms with van der Waals surface area (Å²) < 4.78 is 23.4. The maximum absolute atomic E-state index is 11.7. The van der Waals surface area contributed by atoms with Gasteiger partial charge in [-0.05, 0) is 18.1 Å². The van der Waals surface area contributed by atoms with Gasteiger partial charge in [0.1, 0.15) is 0 Å². The molecule has 2 unspecified atom stereocenters. The summed E-state index contributed by atoms with van der Waals surface area (Å²) in [6, 6.07) is 7.22. The van der Waals surface area contributed by atoms with Gasteiger partial charge < -0.3 is 10.6 Å². The van der Waals surface area contributed by atoms with E-state index in [-0.39, 0.29) is 6.04 Å². The van der Waals surface area contributed by atoms with Crippen molar-refractivity contribution >= 4 is 15.5 Å². The Morgan fingerprint density at radius 3 is 2.47 bits per heavy atom. The predicted molar refractivity (Wildman–Crippen MR) is 68.9 cm³/mol. The van der Waals surface area contributed by atoms with Crippen molar-refractivity contribution in [1.29, 1.82) is 0 Å². The average Bonchev–Trinajstić information content (AvgIpc) is 2.58. The molecular formula is C12H18N2O2S. The lowest BCUT2D eigenvalue weighted by Gasteiger charge is -2.20. The summed E-state index contributed by atoms with van der Waals surface area (Å²) in [5.41, 5.74) is 6.75. The van der Waals surface area contributed by atoms with E-state index in [9.17, 15) is 8.42 Å². The Bertz CT molecular complexity index is 503. The quantitative estimate of drug-likeness (QED) is 0.850. The summed E-state index contributed by atoms with van der Waals surface area (Å²) >= 11 is 0. The molecule has 0 amide bonds. The molecule has 0 bridgehead atoms. The van der Waals surface area contributed by atoms with Crippen LogP contribution in [0.15, 0.2) is 29.2 Å². The summed E-state index contributed by atoms with van der Waals surface area (Å²) in [4.78, 5) is 2.45. The second-order valence-corrected chi connectivity index (χ2v) is 6.77. The van der Waals surface area contributed by atoms with E-state index in [1.165, 1.54) is 6.26 Å². The zero-order valence-electron chi connectivity index (χ0n) is 10.1. The highest BCUT2D eigenvalue weighted by Gasteiger charge is 2.29. The van der Waals surface area contributed by atoms with Crippen LogP contribution in [0, 0.1) is 5.92 Å². The molecular weight excluding hydrogens is 236 g/mol. The molecule has 1 aliphatic heterocycles. The normalized spacial score (nSPS) is 25.2. The third-order valence-corrected chi connectivity index (χ3v) is 4.42. The first-order chi connectivity index (χ1) is 7.89. The van der Waals surface area contributed by atoms with Crippen molar-refractivity contribution in [2.75, 3.05) is 24.2 Å². The van der Waals surface area contributed by atoms with Crippen molar-refractivity contribution in [1.82, 2.24) is 0 Å². The highest BCUT2D eigenvalue weighted by atomic mass is 32.2. The van der Waals surface area contributed by atoms with Crippen molar-refractivity contribution in [3.8, 4) is 0 Å². The van der Waals surface area contributed by atoms with Crippen molar-refractivity contribution in [2.45, 2.75) is 17.9 Å². The third-order valence-electron chi connectivity index (χ3n) is 3.28. The molecule has 1 fully saturated rings. The van der Waals surface area contributed by atoms with E-state index in [0.717, 1.165) is 12.2 Å². The minimum atomic E-state index is -3.19. The summed E-state index contributed by atoms with van der Waals surface area (Å²) in [6.45, 7) is 3.62. The molecule has 0 radical (unpaired) electrons. The fraction of sp³-hybridized carbons (Fsp3) is 0.500. The van der Waals surface area contributed by atoms with Gasteiger partial charge in [0.25, 0.3) is 0 Å². The number of hydrogen-bond donors (Lipinski definition) is 1. The van der Waals surface area contributed by atoms with Crippen LogP contribution in [0.2, 0.25) is 0 Å². The summed E-state index contributed by atoms with van der Waals surface area (Å²) in [6.07, 6.45) is 1.24. The minimum absolute atomic E-state index is 0.114. The molecule has 2 N–H and O–H groups in total. The highest BCUT2D eigenvalue weighted by Crippen LogP contribution is 2.29. The Kier molecular flexibility index (Phi) is 3.14. The number of benzene rings is 1. The van der Waals surface area contributed by atoms with Crippen molar-refractivity contribution in [3.05, 3.63) is 24.3 Å². The first kappa shape index (κ1) is 12.4. The van der Waals surface area contributed by atoms with E-state index in [0.29, 0.717) is 17.4 Å². The van der Waals surface area contributed by atoms with E-state index in [2.05, 4.69) is 11.8 Å². The lowest BCUT2D eigenvalue weighted by Crippen LogP contribution is -2.28. The van der Waals surface area contributed by atoms with Gasteiger partial charge in [0.15, 0.2) is 9.84 Å². The van der Waals surface area contributed by atoms with Crippen LogP contribution in [0.4, 0.5) is 5.69 Å². The van der Waals surface area contributed by atoms with Gasteiger partial charge in [0.05, 0.1) is 10.6 Å². The third kappa shape index (κ3) is 2.45. The van der Waals surface area contributed by atoms with Gasteiger partial charge in [-0.15, -0.1) is 0 Å². The van der Waals surface area contributed by atoms with Crippen LogP contribution in [0.5, 0.6) is 0 Å². The summed E-state index contributed by atoms with van der Waals surface area (Å²) in [5.74, 6) is 0.391. The highest BCUT2D eigenvalue weighted by molar-refractivity contribution is 7.90. The van der Waals surface area contributed by atoms with Gasteiger partial charge >= 0.3 is 0 Å². The fourth-order valence-electron chi connectivity index (χ4n) is 2.22. The van der Waals surface area contributed by atoms with Crippen molar-refractivity contribution in [2.24, 2.45) is 11.7 Å². The maximum atomic E-state index is 11.7. The standard InChI is InChI=1S/C12H18N2O2S/c1-9-7-14(8-10(9)13)11-5-3-4-6-12(11)17(2,15)16/h3-6,9-10H,7-8,13H2,1-2H3. The maximum Gasteiger partial charge on any atom is 0.177 e. The smallest absolute Gasteiger partial charge is 0.177 e. The fourth-order valence-corrected chi connectivity index (χ4v) is 3.12. The average molecular weight is 254 g/mol. The number of nitrogens with zero attached hydrogens (tertiary/aromatic N) is 1. The SMILES string of the molecule is CC1CN(c2ccccc2S(C)(=O)=O)CC1N.